The highest BCUT2D eigenvalue weighted by Crippen LogP contribution is 2.33. The summed E-state index contributed by atoms with van der Waals surface area (Å²) in [4.78, 5) is 48.1. The number of nitrogens with one attached hydrogen (secondary N) is 5. The molecule has 0 saturated carbocycles. The van der Waals surface area contributed by atoms with Gasteiger partial charge in [0.1, 0.15) is 0 Å². The second-order valence-corrected chi connectivity index (χ2v) is 15.1. The molecular weight excluding hydrogens is 699 g/mol. The van der Waals surface area contributed by atoms with Gasteiger partial charge in [-0.25, -0.2) is 4.79 Å². The van der Waals surface area contributed by atoms with Crippen LogP contribution >= 0.6 is 11.8 Å². The minimum absolute atomic E-state index is 0.0261. The maximum Gasteiger partial charge on any atom is 0.315 e. The predicted octanol–water partition coefficient (Wildman–Crippen LogP) is 2.60. The van der Waals surface area contributed by atoms with Crippen LogP contribution in [0.4, 0.5) is 4.79 Å². The summed E-state index contributed by atoms with van der Waals surface area (Å²) in [5.41, 5.74) is 0.816. The molecule has 5 amide bonds. The lowest BCUT2D eigenvalue weighted by Gasteiger charge is -2.16. The van der Waals surface area contributed by atoms with Crippen molar-refractivity contribution in [1.82, 2.24) is 26.6 Å². The standard InChI is InChI=1S/C35H49N5O9S2/c41-31(15-6-5-14-30-32-29(25-50-30)39-35(44)40-32)36-18-19-47-20-21-48-22-23-49-51(45,46)28-13-9-12-27(24-28)34(43)38-17-8-2-7-16-37-33(42)26-10-3-1-4-11-26/h1,3-4,9-13,24,29-30,32H,2,5-8,14-23,25H2,(H,36,41)(H,37,42)(H,38,43)(H2,39,40,44)/t29?,30-,32?/m0/s1. The van der Waals surface area contributed by atoms with E-state index in [9.17, 15) is 27.6 Å². The summed E-state index contributed by atoms with van der Waals surface area (Å²) in [5, 5.41) is 14.8. The molecule has 0 aromatic heterocycles. The molecule has 2 aromatic rings. The zero-order chi connectivity index (χ0) is 36.3. The summed E-state index contributed by atoms with van der Waals surface area (Å²) in [6.07, 6.45) is 5.40. The number of ether oxygens (including phenoxy) is 2. The lowest BCUT2D eigenvalue weighted by atomic mass is 10.0. The number of hydrogen-bond acceptors (Lipinski definition) is 10. The number of hydrogen-bond donors (Lipinski definition) is 5. The number of carbonyl (C=O) groups is 4. The third-order valence-electron chi connectivity index (χ3n) is 8.33. The first-order valence-corrected chi connectivity index (χ1v) is 19.9. The van der Waals surface area contributed by atoms with Crippen molar-refractivity contribution in [2.75, 3.05) is 58.4 Å². The van der Waals surface area contributed by atoms with Crippen LogP contribution in [-0.2, 0) is 28.6 Å². The zero-order valence-electron chi connectivity index (χ0n) is 28.7. The first-order chi connectivity index (χ1) is 24.7. The van der Waals surface area contributed by atoms with Crippen LogP contribution in [0.3, 0.4) is 0 Å². The van der Waals surface area contributed by atoms with Crippen molar-refractivity contribution in [3.05, 3.63) is 65.7 Å². The molecule has 0 spiro atoms. The molecule has 4 rings (SSSR count). The Morgan fingerprint density at radius 3 is 2.20 bits per heavy atom. The Bertz CT molecular complexity index is 1530. The molecule has 0 radical (unpaired) electrons. The number of thioether (sulfide) groups is 1. The third-order valence-corrected chi connectivity index (χ3v) is 11.1. The molecule has 0 aliphatic carbocycles. The van der Waals surface area contributed by atoms with Gasteiger partial charge in [0.05, 0.1) is 50.0 Å². The molecule has 2 aromatic carbocycles. The molecule has 51 heavy (non-hydrogen) atoms. The number of carbonyl (C=O) groups excluding carboxylic acids is 4. The molecule has 2 heterocycles. The maximum atomic E-state index is 12.6. The van der Waals surface area contributed by atoms with Gasteiger partial charge in [-0.05, 0) is 62.4 Å². The van der Waals surface area contributed by atoms with Gasteiger partial charge in [-0.3, -0.25) is 18.6 Å². The molecule has 2 unspecified atom stereocenters. The third kappa shape index (κ3) is 14.1. The van der Waals surface area contributed by atoms with Crippen molar-refractivity contribution >= 4 is 45.6 Å². The average Bonchev–Trinajstić information content (AvgIpc) is 3.69. The van der Waals surface area contributed by atoms with Crippen molar-refractivity contribution in [1.29, 1.82) is 0 Å². The molecule has 14 nitrogen and oxygen atoms in total. The molecule has 5 N–H and O–H groups in total. The van der Waals surface area contributed by atoms with E-state index in [0.717, 1.165) is 37.9 Å². The Kier molecular flexibility index (Phi) is 17.0. The van der Waals surface area contributed by atoms with Gasteiger partial charge < -0.3 is 36.1 Å². The second-order valence-electron chi connectivity index (χ2n) is 12.2. The van der Waals surface area contributed by atoms with Crippen LogP contribution in [0.15, 0.2) is 59.5 Å². The van der Waals surface area contributed by atoms with Crippen LogP contribution in [0.5, 0.6) is 0 Å². The topological polar surface area (TPSA) is 190 Å². The van der Waals surface area contributed by atoms with Crippen LogP contribution in [-0.4, -0.2) is 108 Å². The summed E-state index contributed by atoms with van der Waals surface area (Å²) in [5.74, 6) is 0.394. The van der Waals surface area contributed by atoms with Crippen LogP contribution in [0, 0.1) is 0 Å². The largest absolute Gasteiger partial charge is 0.377 e. The molecule has 0 bridgehead atoms. The van der Waals surface area contributed by atoms with E-state index in [-0.39, 0.29) is 72.7 Å². The number of amides is 5. The van der Waals surface area contributed by atoms with Gasteiger partial charge in [0.25, 0.3) is 21.9 Å². The van der Waals surface area contributed by atoms with Gasteiger partial charge in [0.15, 0.2) is 0 Å². The van der Waals surface area contributed by atoms with E-state index in [4.69, 9.17) is 13.7 Å². The van der Waals surface area contributed by atoms with Gasteiger partial charge in [0, 0.05) is 48.2 Å². The molecule has 2 saturated heterocycles. The summed E-state index contributed by atoms with van der Waals surface area (Å²) >= 11 is 1.87. The summed E-state index contributed by atoms with van der Waals surface area (Å²) < 4.78 is 41.2. The van der Waals surface area contributed by atoms with Crippen molar-refractivity contribution in [3.8, 4) is 0 Å². The highest BCUT2D eigenvalue weighted by atomic mass is 32.2. The van der Waals surface area contributed by atoms with Crippen molar-refractivity contribution < 1.29 is 41.3 Å². The molecule has 2 aliphatic heterocycles. The fourth-order valence-corrected chi connectivity index (χ4v) is 8.12. The Balaban J connectivity index is 0.964. The van der Waals surface area contributed by atoms with Crippen LogP contribution in [0.1, 0.15) is 65.7 Å². The SMILES string of the molecule is O=C(CCCC[C@@H]1SCC2NC(=O)NC21)NCCOCCOCCOS(=O)(=O)c1cccc(C(=O)NCCCCCNC(=O)c2ccccc2)c1. The van der Waals surface area contributed by atoms with E-state index in [2.05, 4.69) is 26.6 Å². The van der Waals surface area contributed by atoms with Gasteiger partial charge in [0.2, 0.25) is 5.91 Å². The molecule has 16 heteroatoms. The van der Waals surface area contributed by atoms with E-state index < -0.39 is 10.1 Å². The number of unbranched alkanes of at least 4 members (excludes halogenated alkanes) is 3. The Labute approximate surface area is 304 Å². The minimum atomic E-state index is -4.10. The smallest absolute Gasteiger partial charge is 0.315 e. The second kappa shape index (κ2) is 21.6. The summed E-state index contributed by atoms with van der Waals surface area (Å²) in [7, 11) is -4.10. The molecule has 2 aliphatic rings. The van der Waals surface area contributed by atoms with Crippen molar-refractivity contribution in [3.63, 3.8) is 0 Å². The Morgan fingerprint density at radius 1 is 0.745 bits per heavy atom. The van der Waals surface area contributed by atoms with Gasteiger partial charge in [-0.2, -0.15) is 20.2 Å². The van der Waals surface area contributed by atoms with Crippen molar-refractivity contribution in [2.24, 2.45) is 0 Å². The van der Waals surface area contributed by atoms with Crippen LogP contribution < -0.4 is 26.6 Å². The quantitative estimate of drug-likeness (QED) is 0.0607. The predicted molar refractivity (Wildman–Crippen MR) is 193 cm³/mol. The highest BCUT2D eigenvalue weighted by Gasteiger charge is 2.42. The van der Waals surface area contributed by atoms with Crippen LogP contribution in [0.25, 0.3) is 0 Å². The van der Waals surface area contributed by atoms with Crippen LogP contribution in [0.2, 0.25) is 0 Å². The van der Waals surface area contributed by atoms with Gasteiger partial charge >= 0.3 is 6.03 Å². The lowest BCUT2D eigenvalue weighted by molar-refractivity contribution is -0.121. The first kappa shape index (κ1) is 40.1. The van der Waals surface area contributed by atoms with Gasteiger partial charge in [-0.1, -0.05) is 30.7 Å². The van der Waals surface area contributed by atoms with E-state index in [1.54, 1.807) is 12.1 Å². The number of urea groups is 1. The highest BCUT2D eigenvalue weighted by molar-refractivity contribution is 8.00. The number of fused-ring (bicyclic) bond motifs is 1. The van der Waals surface area contributed by atoms with Gasteiger partial charge in [-0.15, -0.1) is 0 Å². The van der Waals surface area contributed by atoms with E-state index in [1.807, 2.05) is 30.0 Å². The maximum absolute atomic E-state index is 12.6. The Morgan fingerprint density at radius 2 is 1.43 bits per heavy atom. The molecule has 3 atom stereocenters. The molecule has 2 fully saturated rings. The van der Waals surface area contributed by atoms with E-state index in [0.29, 0.717) is 49.9 Å². The summed E-state index contributed by atoms with van der Waals surface area (Å²) in [6.45, 7) is 1.99. The minimum Gasteiger partial charge on any atom is -0.377 e. The Hall–Kier alpha value is -3.70. The molecular formula is C35H49N5O9S2. The number of benzene rings is 2. The fraction of sp³-hybridized carbons (Fsp3) is 0.543. The number of rotatable bonds is 24. The monoisotopic (exact) mass is 747 g/mol. The first-order valence-electron chi connectivity index (χ1n) is 17.4. The zero-order valence-corrected chi connectivity index (χ0v) is 30.4. The van der Waals surface area contributed by atoms with Crippen molar-refractivity contribution in [2.45, 2.75) is 67.2 Å². The molecule has 280 valence electrons. The summed E-state index contributed by atoms with van der Waals surface area (Å²) in [6, 6.07) is 15.0. The lowest BCUT2D eigenvalue weighted by Crippen LogP contribution is -2.36. The normalized spacial score (nSPS) is 18.0. The van der Waals surface area contributed by atoms with E-state index in [1.165, 1.54) is 24.3 Å². The van der Waals surface area contributed by atoms with E-state index >= 15 is 0 Å². The fourth-order valence-electron chi connectivity index (χ4n) is 5.63. The average molecular weight is 748 g/mol.